The first-order chi connectivity index (χ1) is 11.7. The summed E-state index contributed by atoms with van der Waals surface area (Å²) >= 11 is 0. The number of fused-ring (bicyclic) bond motifs is 1. The third-order valence-corrected chi connectivity index (χ3v) is 4.95. The summed E-state index contributed by atoms with van der Waals surface area (Å²) in [4.78, 5) is 9.00. The van der Waals surface area contributed by atoms with E-state index in [1.165, 1.54) is 12.8 Å². The molecule has 126 valence electrons. The van der Waals surface area contributed by atoms with E-state index < -0.39 is 0 Å². The SMILES string of the molecule is CCCc1cc(NCC2(Cn3ccnc3C)CC2)n2nccc2n1. The minimum Gasteiger partial charge on any atom is -0.369 e. The predicted molar refractivity (Wildman–Crippen MR) is 94.1 cm³/mol. The van der Waals surface area contributed by atoms with Gasteiger partial charge in [0.05, 0.1) is 6.20 Å². The van der Waals surface area contributed by atoms with Gasteiger partial charge in [-0.3, -0.25) is 0 Å². The molecule has 24 heavy (non-hydrogen) atoms. The highest BCUT2D eigenvalue weighted by Crippen LogP contribution is 2.47. The Hall–Kier alpha value is -2.37. The highest BCUT2D eigenvalue weighted by atomic mass is 15.3. The molecule has 1 fully saturated rings. The molecule has 0 unspecified atom stereocenters. The minimum absolute atomic E-state index is 0.332. The summed E-state index contributed by atoms with van der Waals surface area (Å²) in [6.45, 7) is 6.23. The number of nitrogens with one attached hydrogen (secondary N) is 1. The van der Waals surface area contributed by atoms with Gasteiger partial charge in [-0.15, -0.1) is 0 Å². The molecule has 0 atom stereocenters. The summed E-state index contributed by atoms with van der Waals surface area (Å²) in [5.74, 6) is 2.13. The second-order valence-electron chi connectivity index (χ2n) is 6.94. The van der Waals surface area contributed by atoms with E-state index in [1.54, 1.807) is 0 Å². The van der Waals surface area contributed by atoms with E-state index in [2.05, 4.69) is 51.1 Å². The van der Waals surface area contributed by atoms with Gasteiger partial charge in [-0.1, -0.05) is 13.3 Å². The van der Waals surface area contributed by atoms with Crippen molar-refractivity contribution in [3.63, 3.8) is 0 Å². The van der Waals surface area contributed by atoms with Crippen molar-refractivity contribution in [1.82, 2.24) is 24.1 Å². The van der Waals surface area contributed by atoms with Crippen LogP contribution in [0.5, 0.6) is 0 Å². The van der Waals surface area contributed by atoms with Gasteiger partial charge in [-0.2, -0.15) is 9.61 Å². The number of nitrogens with zero attached hydrogens (tertiary/aromatic N) is 5. The molecule has 1 aliphatic carbocycles. The number of aryl methyl sites for hydroxylation is 2. The molecule has 0 bridgehead atoms. The van der Waals surface area contributed by atoms with Crippen molar-refractivity contribution < 1.29 is 0 Å². The maximum atomic E-state index is 4.67. The Labute approximate surface area is 141 Å². The zero-order valence-corrected chi connectivity index (χ0v) is 14.4. The van der Waals surface area contributed by atoms with Crippen LogP contribution in [0.3, 0.4) is 0 Å². The van der Waals surface area contributed by atoms with Gasteiger partial charge in [0.2, 0.25) is 0 Å². The third kappa shape index (κ3) is 2.88. The zero-order chi connectivity index (χ0) is 16.6. The van der Waals surface area contributed by atoms with E-state index in [1.807, 2.05) is 23.0 Å². The highest BCUT2D eigenvalue weighted by Gasteiger charge is 2.43. The van der Waals surface area contributed by atoms with Crippen LogP contribution in [-0.2, 0) is 13.0 Å². The number of hydrogen-bond donors (Lipinski definition) is 1. The standard InChI is InChI=1S/C18H24N6/c1-3-4-15-11-17(24-16(22-15)5-8-21-24)20-12-18(6-7-18)13-23-10-9-19-14(23)2/h5,8-11,20H,3-4,6-7,12-13H2,1-2H3. The second-order valence-corrected chi connectivity index (χ2v) is 6.94. The van der Waals surface area contributed by atoms with Crippen LogP contribution < -0.4 is 5.32 Å². The summed E-state index contributed by atoms with van der Waals surface area (Å²) < 4.78 is 4.16. The Morgan fingerprint density at radius 3 is 2.88 bits per heavy atom. The van der Waals surface area contributed by atoms with E-state index >= 15 is 0 Å². The van der Waals surface area contributed by atoms with E-state index in [0.29, 0.717) is 5.41 Å². The lowest BCUT2D eigenvalue weighted by atomic mass is 10.1. The first kappa shape index (κ1) is 15.2. The van der Waals surface area contributed by atoms with Gasteiger partial charge in [0.15, 0.2) is 5.65 Å². The second kappa shape index (κ2) is 5.92. The molecular formula is C18H24N6. The van der Waals surface area contributed by atoms with Crippen LogP contribution in [0.1, 0.15) is 37.7 Å². The summed E-state index contributed by atoms with van der Waals surface area (Å²) in [5.41, 5.74) is 2.38. The van der Waals surface area contributed by atoms with Crippen LogP contribution in [0, 0.1) is 12.3 Å². The Balaban J connectivity index is 1.52. The van der Waals surface area contributed by atoms with Gasteiger partial charge in [0.25, 0.3) is 0 Å². The van der Waals surface area contributed by atoms with Crippen molar-refractivity contribution in [1.29, 1.82) is 0 Å². The largest absolute Gasteiger partial charge is 0.369 e. The van der Waals surface area contributed by atoms with Crippen LogP contribution in [-0.4, -0.2) is 30.7 Å². The molecule has 6 nitrogen and oxygen atoms in total. The maximum absolute atomic E-state index is 4.67. The van der Waals surface area contributed by atoms with Gasteiger partial charge in [-0.25, -0.2) is 9.97 Å². The van der Waals surface area contributed by atoms with Gasteiger partial charge in [-0.05, 0) is 26.2 Å². The molecule has 6 heteroatoms. The average Bonchev–Trinajstić information content (AvgIpc) is 2.96. The Morgan fingerprint density at radius 1 is 1.29 bits per heavy atom. The van der Waals surface area contributed by atoms with Crippen LogP contribution in [0.15, 0.2) is 30.7 Å². The molecule has 0 amide bonds. The van der Waals surface area contributed by atoms with E-state index in [9.17, 15) is 0 Å². The van der Waals surface area contributed by atoms with Crippen molar-refractivity contribution in [2.75, 3.05) is 11.9 Å². The lowest BCUT2D eigenvalue weighted by Crippen LogP contribution is -2.23. The van der Waals surface area contributed by atoms with Crippen LogP contribution in [0.2, 0.25) is 0 Å². The fourth-order valence-corrected chi connectivity index (χ4v) is 3.25. The summed E-state index contributed by atoms with van der Waals surface area (Å²) in [6.07, 6.45) is 10.4. The number of hydrogen-bond acceptors (Lipinski definition) is 4. The average molecular weight is 324 g/mol. The van der Waals surface area contributed by atoms with Crippen molar-refractivity contribution in [3.05, 3.63) is 42.2 Å². The highest BCUT2D eigenvalue weighted by molar-refractivity contribution is 5.49. The molecule has 3 aromatic rings. The molecule has 1 N–H and O–H groups in total. The summed E-state index contributed by atoms with van der Waals surface area (Å²) in [5, 5.41) is 8.04. The Kier molecular flexibility index (Phi) is 3.75. The Morgan fingerprint density at radius 2 is 2.17 bits per heavy atom. The molecule has 3 aromatic heterocycles. The molecule has 4 rings (SSSR count). The first-order valence-corrected chi connectivity index (χ1v) is 8.74. The van der Waals surface area contributed by atoms with Crippen molar-refractivity contribution in [2.24, 2.45) is 5.41 Å². The molecular weight excluding hydrogens is 300 g/mol. The van der Waals surface area contributed by atoms with Gasteiger partial charge < -0.3 is 9.88 Å². The van der Waals surface area contributed by atoms with Gasteiger partial charge >= 0.3 is 0 Å². The van der Waals surface area contributed by atoms with Crippen molar-refractivity contribution in [2.45, 2.75) is 46.1 Å². The van der Waals surface area contributed by atoms with E-state index in [4.69, 9.17) is 0 Å². The summed E-state index contributed by atoms with van der Waals surface area (Å²) in [7, 11) is 0. The summed E-state index contributed by atoms with van der Waals surface area (Å²) in [6, 6.07) is 4.11. The first-order valence-electron chi connectivity index (χ1n) is 8.74. The topological polar surface area (TPSA) is 60.0 Å². The molecule has 0 aliphatic heterocycles. The zero-order valence-electron chi connectivity index (χ0n) is 14.4. The van der Waals surface area contributed by atoms with Crippen molar-refractivity contribution in [3.8, 4) is 0 Å². The molecule has 0 saturated heterocycles. The fourth-order valence-electron chi connectivity index (χ4n) is 3.25. The van der Waals surface area contributed by atoms with E-state index in [0.717, 1.165) is 48.9 Å². The molecule has 0 radical (unpaired) electrons. The fraction of sp³-hybridized carbons (Fsp3) is 0.500. The lowest BCUT2D eigenvalue weighted by molar-refractivity contribution is 0.438. The van der Waals surface area contributed by atoms with Crippen LogP contribution >= 0.6 is 0 Å². The maximum Gasteiger partial charge on any atom is 0.157 e. The molecule has 0 aromatic carbocycles. The lowest BCUT2D eigenvalue weighted by Gasteiger charge is -2.19. The Bertz CT molecular complexity index is 842. The van der Waals surface area contributed by atoms with E-state index in [-0.39, 0.29) is 0 Å². The molecule has 3 heterocycles. The third-order valence-electron chi connectivity index (χ3n) is 4.95. The molecule has 1 aliphatic rings. The van der Waals surface area contributed by atoms with Gasteiger partial charge in [0.1, 0.15) is 11.6 Å². The van der Waals surface area contributed by atoms with Crippen molar-refractivity contribution >= 4 is 11.5 Å². The monoisotopic (exact) mass is 324 g/mol. The number of aromatic nitrogens is 5. The quantitative estimate of drug-likeness (QED) is 0.725. The molecule has 1 saturated carbocycles. The van der Waals surface area contributed by atoms with Gasteiger partial charge in [0, 0.05) is 48.7 Å². The normalized spacial score (nSPS) is 15.8. The predicted octanol–water partition coefficient (Wildman–Crippen LogP) is 3.08. The smallest absolute Gasteiger partial charge is 0.157 e. The van der Waals surface area contributed by atoms with Crippen LogP contribution in [0.25, 0.3) is 5.65 Å². The minimum atomic E-state index is 0.332. The number of imidazole rings is 1. The van der Waals surface area contributed by atoms with Crippen LogP contribution in [0.4, 0.5) is 5.82 Å². The number of rotatable bonds is 7. The number of anilines is 1. The molecule has 0 spiro atoms.